The highest BCUT2D eigenvalue weighted by Gasteiger charge is 2.26. The summed E-state index contributed by atoms with van der Waals surface area (Å²) in [6.07, 6.45) is 2.33. The predicted molar refractivity (Wildman–Crippen MR) is 88.2 cm³/mol. The molecule has 1 aromatic carbocycles. The predicted octanol–water partition coefficient (Wildman–Crippen LogP) is 2.93. The first-order valence-electron chi connectivity index (χ1n) is 8.12. The Morgan fingerprint density at radius 3 is 2.39 bits per heavy atom. The number of ether oxygens (including phenoxy) is 2. The van der Waals surface area contributed by atoms with Crippen molar-refractivity contribution >= 4 is 6.16 Å². The maximum Gasteiger partial charge on any atom is 0.508 e. The minimum atomic E-state index is -0.844. The largest absolute Gasteiger partial charge is 0.508 e. The van der Waals surface area contributed by atoms with Crippen molar-refractivity contribution in [2.24, 2.45) is 5.41 Å². The molecule has 0 saturated heterocycles. The van der Waals surface area contributed by atoms with Gasteiger partial charge in [-0.05, 0) is 24.8 Å². The summed E-state index contributed by atoms with van der Waals surface area (Å²) in [6, 6.07) is 10.1. The molecule has 1 atom stereocenters. The van der Waals surface area contributed by atoms with Crippen LogP contribution < -0.4 is 0 Å². The SMILES string of the molecule is CCC[C@H](CCc1ccccc1)OC(=O)OCC(C)(CO)CO. The van der Waals surface area contributed by atoms with Crippen molar-refractivity contribution in [3.05, 3.63) is 35.9 Å². The summed E-state index contributed by atoms with van der Waals surface area (Å²) in [5.41, 5.74) is 0.363. The van der Waals surface area contributed by atoms with Crippen molar-refractivity contribution in [2.75, 3.05) is 19.8 Å². The normalized spacial score (nSPS) is 12.7. The zero-order chi connectivity index (χ0) is 17.1. The quantitative estimate of drug-likeness (QED) is 0.647. The Morgan fingerprint density at radius 2 is 1.83 bits per heavy atom. The Bertz CT molecular complexity index is 442. The fourth-order valence-electron chi connectivity index (χ4n) is 2.10. The number of aliphatic hydroxyl groups is 2. The molecule has 0 aliphatic heterocycles. The molecular weight excluding hydrogens is 296 g/mol. The van der Waals surface area contributed by atoms with E-state index in [0.29, 0.717) is 0 Å². The van der Waals surface area contributed by atoms with Gasteiger partial charge in [0.25, 0.3) is 0 Å². The molecule has 130 valence electrons. The van der Waals surface area contributed by atoms with Crippen LogP contribution in [0, 0.1) is 5.41 Å². The van der Waals surface area contributed by atoms with Crippen molar-refractivity contribution < 1.29 is 24.5 Å². The third-order valence-corrected chi connectivity index (χ3v) is 3.77. The Labute approximate surface area is 138 Å². The molecule has 23 heavy (non-hydrogen) atoms. The molecule has 1 aromatic rings. The molecule has 0 aromatic heterocycles. The first-order chi connectivity index (χ1) is 11.0. The molecule has 0 unspecified atom stereocenters. The average Bonchev–Trinajstić information content (AvgIpc) is 2.58. The van der Waals surface area contributed by atoms with Crippen LogP contribution in [0.4, 0.5) is 4.79 Å². The molecule has 0 fully saturated rings. The third kappa shape index (κ3) is 7.48. The van der Waals surface area contributed by atoms with Crippen LogP contribution in [0.15, 0.2) is 30.3 Å². The molecule has 0 aliphatic rings. The summed E-state index contributed by atoms with van der Waals surface area (Å²) in [4.78, 5) is 11.8. The third-order valence-electron chi connectivity index (χ3n) is 3.77. The minimum Gasteiger partial charge on any atom is -0.434 e. The molecule has 0 spiro atoms. The molecule has 2 N–H and O–H groups in total. The lowest BCUT2D eigenvalue weighted by molar-refractivity contribution is -0.0299. The first-order valence-corrected chi connectivity index (χ1v) is 8.12. The van der Waals surface area contributed by atoms with E-state index in [1.165, 1.54) is 5.56 Å². The van der Waals surface area contributed by atoms with Crippen LogP contribution in [0.1, 0.15) is 38.7 Å². The van der Waals surface area contributed by atoms with E-state index in [1.54, 1.807) is 6.92 Å². The molecular formula is C18H28O5. The van der Waals surface area contributed by atoms with Crippen LogP contribution >= 0.6 is 0 Å². The van der Waals surface area contributed by atoms with Crippen molar-refractivity contribution in [1.29, 1.82) is 0 Å². The van der Waals surface area contributed by atoms with Crippen molar-refractivity contribution in [3.63, 3.8) is 0 Å². The van der Waals surface area contributed by atoms with E-state index in [9.17, 15) is 15.0 Å². The first kappa shape index (κ1) is 19.5. The standard InChI is InChI=1S/C18H28O5/c1-3-7-16(11-10-15-8-5-4-6-9-15)23-17(21)22-14-18(2,12-19)13-20/h4-6,8-9,16,19-20H,3,7,10-14H2,1-2H3/t16-/m1/s1. The van der Waals surface area contributed by atoms with E-state index < -0.39 is 11.6 Å². The van der Waals surface area contributed by atoms with Crippen LogP contribution in [0.3, 0.4) is 0 Å². The number of aliphatic hydroxyl groups excluding tert-OH is 2. The molecule has 1 rings (SSSR count). The van der Waals surface area contributed by atoms with Gasteiger partial charge in [0.1, 0.15) is 12.7 Å². The Kier molecular flexibility index (Phi) is 8.66. The van der Waals surface area contributed by atoms with Crippen molar-refractivity contribution in [1.82, 2.24) is 0 Å². The molecule has 0 radical (unpaired) electrons. The van der Waals surface area contributed by atoms with Gasteiger partial charge in [-0.25, -0.2) is 4.79 Å². The van der Waals surface area contributed by atoms with Gasteiger partial charge in [-0.15, -0.1) is 0 Å². The Morgan fingerprint density at radius 1 is 1.17 bits per heavy atom. The van der Waals surface area contributed by atoms with Gasteiger partial charge in [0.15, 0.2) is 0 Å². The smallest absolute Gasteiger partial charge is 0.434 e. The Hall–Kier alpha value is -1.59. The number of aryl methyl sites for hydroxylation is 1. The van der Waals surface area contributed by atoms with E-state index in [4.69, 9.17) is 9.47 Å². The van der Waals surface area contributed by atoms with E-state index in [0.717, 1.165) is 25.7 Å². The summed E-state index contributed by atoms with van der Waals surface area (Å²) in [6.45, 7) is 3.08. The number of carbonyl (C=O) groups excluding carboxylic acids is 1. The van der Waals surface area contributed by atoms with Crippen LogP contribution in [0.2, 0.25) is 0 Å². The summed E-state index contributed by atoms with van der Waals surface area (Å²) in [5, 5.41) is 18.4. The zero-order valence-corrected chi connectivity index (χ0v) is 14.0. The van der Waals surface area contributed by atoms with E-state index >= 15 is 0 Å². The molecule has 0 aliphatic carbocycles. The maximum absolute atomic E-state index is 11.8. The lowest BCUT2D eigenvalue weighted by Gasteiger charge is -2.24. The molecule has 0 saturated carbocycles. The summed E-state index contributed by atoms with van der Waals surface area (Å²) in [5.74, 6) is 0. The van der Waals surface area contributed by atoms with Gasteiger partial charge < -0.3 is 19.7 Å². The fraction of sp³-hybridized carbons (Fsp3) is 0.611. The number of hydrogen-bond donors (Lipinski definition) is 2. The fourth-order valence-corrected chi connectivity index (χ4v) is 2.10. The van der Waals surface area contributed by atoms with Gasteiger partial charge in [-0.2, -0.15) is 0 Å². The summed E-state index contributed by atoms with van der Waals surface area (Å²) < 4.78 is 10.4. The maximum atomic E-state index is 11.8. The van der Waals surface area contributed by atoms with Crippen molar-refractivity contribution in [3.8, 4) is 0 Å². The Balaban J connectivity index is 2.43. The number of carbonyl (C=O) groups is 1. The summed E-state index contributed by atoms with van der Waals surface area (Å²) >= 11 is 0. The minimum absolute atomic E-state index is 0.0731. The molecule has 0 heterocycles. The van der Waals surface area contributed by atoms with Gasteiger partial charge in [0.2, 0.25) is 0 Å². The van der Waals surface area contributed by atoms with Crippen LogP contribution in [-0.2, 0) is 15.9 Å². The average molecular weight is 324 g/mol. The highest BCUT2D eigenvalue weighted by Crippen LogP contribution is 2.17. The van der Waals surface area contributed by atoms with Gasteiger partial charge in [0, 0.05) is 5.41 Å². The molecule has 5 nitrogen and oxygen atoms in total. The highest BCUT2D eigenvalue weighted by atomic mass is 16.7. The molecule has 0 amide bonds. The second-order valence-corrected chi connectivity index (χ2v) is 6.22. The highest BCUT2D eigenvalue weighted by molar-refractivity contribution is 5.60. The van der Waals surface area contributed by atoms with Gasteiger partial charge in [-0.1, -0.05) is 50.6 Å². The second-order valence-electron chi connectivity index (χ2n) is 6.22. The van der Waals surface area contributed by atoms with Gasteiger partial charge in [0.05, 0.1) is 13.2 Å². The number of hydrogen-bond acceptors (Lipinski definition) is 5. The van der Waals surface area contributed by atoms with Crippen LogP contribution in [-0.4, -0.2) is 42.3 Å². The molecule has 5 heteroatoms. The topological polar surface area (TPSA) is 76.0 Å². The van der Waals surface area contributed by atoms with Crippen LogP contribution in [0.5, 0.6) is 0 Å². The zero-order valence-electron chi connectivity index (χ0n) is 14.0. The lowest BCUT2D eigenvalue weighted by Crippen LogP contribution is -2.33. The van der Waals surface area contributed by atoms with Gasteiger partial charge in [-0.3, -0.25) is 0 Å². The monoisotopic (exact) mass is 324 g/mol. The second kappa shape index (κ2) is 10.2. The molecule has 0 bridgehead atoms. The summed E-state index contributed by atoms with van der Waals surface area (Å²) in [7, 11) is 0. The van der Waals surface area contributed by atoms with E-state index in [2.05, 4.69) is 12.1 Å². The van der Waals surface area contributed by atoms with Gasteiger partial charge >= 0.3 is 6.16 Å². The van der Waals surface area contributed by atoms with E-state index in [1.807, 2.05) is 25.1 Å². The number of rotatable bonds is 10. The van der Waals surface area contributed by atoms with Crippen molar-refractivity contribution in [2.45, 2.75) is 45.6 Å². The number of benzene rings is 1. The van der Waals surface area contributed by atoms with Crippen LogP contribution in [0.25, 0.3) is 0 Å². The lowest BCUT2D eigenvalue weighted by atomic mass is 9.95. The van der Waals surface area contributed by atoms with E-state index in [-0.39, 0.29) is 25.9 Å².